The van der Waals surface area contributed by atoms with Gasteiger partial charge in [0.2, 0.25) is 0 Å². The fourth-order valence-corrected chi connectivity index (χ4v) is 3.04. The molecule has 0 aliphatic carbocycles. The number of amides is 1. The number of aliphatic hydroxyl groups excluding tert-OH is 1. The van der Waals surface area contributed by atoms with Crippen LogP contribution in [0.5, 0.6) is 0 Å². The lowest BCUT2D eigenvalue weighted by atomic mass is 10.1. The van der Waals surface area contributed by atoms with E-state index >= 15 is 0 Å². The maximum Gasteiger partial charge on any atom is 0.263 e. The molecule has 2 heterocycles. The zero-order chi connectivity index (χ0) is 14.7. The van der Waals surface area contributed by atoms with Gasteiger partial charge in [-0.05, 0) is 17.6 Å². The number of carbonyl (C=O) groups excluding carboxylic acids is 1. The topological polar surface area (TPSA) is 74.2 Å². The molecule has 2 aromatic rings. The molecule has 3 N–H and O–H groups in total. The molecule has 1 fully saturated rings. The molecule has 5 nitrogen and oxygen atoms in total. The van der Waals surface area contributed by atoms with Crippen LogP contribution in [0, 0.1) is 5.92 Å². The largest absolute Gasteiger partial charge is 0.391 e. The van der Waals surface area contributed by atoms with E-state index in [-0.39, 0.29) is 30.3 Å². The van der Waals surface area contributed by atoms with Gasteiger partial charge in [0.15, 0.2) is 0 Å². The number of carbonyl (C=O) groups is 1. The maximum absolute atomic E-state index is 12.1. The second kappa shape index (κ2) is 7.69. The predicted octanol–water partition coefficient (Wildman–Crippen LogP) is 1.54. The SMILES string of the molecule is Cl.O=C(NCC1CNCC1O)c1cc(-c2ccccc2)ns1. The molecule has 0 bridgehead atoms. The first-order valence-corrected chi connectivity index (χ1v) is 7.70. The van der Waals surface area contributed by atoms with E-state index in [1.54, 1.807) is 6.07 Å². The van der Waals surface area contributed by atoms with E-state index in [2.05, 4.69) is 15.0 Å². The molecule has 1 saturated heterocycles. The number of aliphatic hydroxyl groups is 1. The standard InChI is InChI=1S/C15H17N3O2S.ClH/c19-13-9-16-7-11(13)8-17-15(20)14-6-12(18-21-14)10-4-2-1-3-5-10;/h1-6,11,13,16,19H,7-9H2,(H,17,20);1H. The van der Waals surface area contributed by atoms with Crippen molar-refractivity contribution >= 4 is 29.8 Å². The van der Waals surface area contributed by atoms with Crippen molar-refractivity contribution in [1.29, 1.82) is 0 Å². The molecule has 3 rings (SSSR count). The van der Waals surface area contributed by atoms with E-state index in [9.17, 15) is 9.90 Å². The van der Waals surface area contributed by atoms with Crippen LogP contribution in [0.15, 0.2) is 36.4 Å². The molecule has 1 aromatic carbocycles. The second-order valence-electron chi connectivity index (χ2n) is 5.14. The minimum Gasteiger partial charge on any atom is -0.391 e. The first-order chi connectivity index (χ1) is 10.2. The molecule has 0 saturated carbocycles. The summed E-state index contributed by atoms with van der Waals surface area (Å²) in [5.74, 6) is -0.0516. The highest BCUT2D eigenvalue weighted by atomic mass is 35.5. The average Bonchev–Trinajstić information content (AvgIpc) is 3.15. The van der Waals surface area contributed by atoms with Crippen LogP contribution in [0.2, 0.25) is 0 Å². The Hall–Kier alpha value is -1.47. The van der Waals surface area contributed by atoms with Crippen molar-refractivity contribution in [2.45, 2.75) is 6.10 Å². The van der Waals surface area contributed by atoms with Crippen molar-refractivity contribution in [3.05, 3.63) is 41.3 Å². The molecule has 0 radical (unpaired) electrons. The summed E-state index contributed by atoms with van der Waals surface area (Å²) < 4.78 is 4.32. The lowest BCUT2D eigenvalue weighted by Crippen LogP contribution is -2.34. The fourth-order valence-electron chi connectivity index (χ4n) is 2.37. The monoisotopic (exact) mass is 339 g/mol. The van der Waals surface area contributed by atoms with E-state index in [4.69, 9.17) is 0 Å². The van der Waals surface area contributed by atoms with Crippen molar-refractivity contribution in [2.75, 3.05) is 19.6 Å². The van der Waals surface area contributed by atoms with Gasteiger partial charge in [0.05, 0.1) is 11.8 Å². The van der Waals surface area contributed by atoms with Crippen molar-refractivity contribution in [1.82, 2.24) is 15.0 Å². The Kier molecular flexibility index (Phi) is 5.90. The lowest BCUT2D eigenvalue weighted by molar-refractivity contribution is 0.0931. The molecule has 1 aliphatic heterocycles. The molecule has 1 aromatic heterocycles. The fraction of sp³-hybridized carbons (Fsp3) is 0.333. The van der Waals surface area contributed by atoms with Crippen LogP contribution in [0.4, 0.5) is 0 Å². The summed E-state index contributed by atoms with van der Waals surface area (Å²) in [4.78, 5) is 12.7. The van der Waals surface area contributed by atoms with E-state index in [1.807, 2.05) is 30.3 Å². The van der Waals surface area contributed by atoms with Crippen LogP contribution in [0.1, 0.15) is 9.67 Å². The third-order valence-corrected chi connectivity index (χ3v) is 4.42. The number of hydrogen-bond acceptors (Lipinski definition) is 5. The molecule has 118 valence electrons. The van der Waals surface area contributed by atoms with E-state index in [0.717, 1.165) is 17.8 Å². The minimum absolute atomic E-state index is 0. The van der Waals surface area contributed by atoms with Gasteiger partial charge in [0, 0.05) is 31.1 Å². The van der Waals surface area contributed by atoms with Crippen molar-refractivity contribution in [3.8, 4) is 11.3 Å². The van der Waals surface area contributed by atoms with Crippen molar-refractivity contribution in [3.63, 3.8) is 0 Å². The van der Waals surface area contributed by atoms with Gasteiger partial charge in [-0.15, -0.1) is 12.4 Å². The summed E-state index contributed by atoms with van der Waals surface area (Å²) in [5.41, 5.74) is 1.82. The Labute approximate surface area is 139 Å². The zero-order valence-corrected chi connectivity index (χ0v) is 13.5. The van der Waals surface area contributed by atoms with Crippen LogP contribution < -0.4 is 10.6 Å². The quantitative estimate of drug-likeness (QED) is 0.790. The molecule has 22 heavy (non-hydrogen) atoms. The Morgan fingerprint density at radius 3 is 2.82 bits per heavy atom. The lowest BCUT2D eigenvalue weighted by Gasteiger charge is -2.13. The van der Waals surface area contributed by atoms with Gasteiger partial charge in [0.1, 0.15) is 4.88 Å². The van der Waals surface area contributed by atoms with Gasteiger partial charge < -0.3 is 15.7 Å². The number of halogens is 1. The van der Waals surface area contributed by atoms with Gasteiger partial charge in [-0.1, -0.05) is 30.3 Å². The summed E-state index contributed by atoms with van der Waals surface area (Å²) >= 11 is 1.20. The average molecular weight is 340 g/mol. The molecule has 0 spiro atoms. The molecular weight excluding hydrogens is 322 g/mol. The van der Waals surface area contributed by atoms with E-state index in [0.29, 0.717) is 18.0 Å². The summed E-state index contributed by atoms with van der Waals surface area (Å²) in [6.45, 7) is 1.81. The van der Waals surface area contributed by atoms with Gasteiger partial charge >= 0.3 is 0 Å². The van der Waals surface area contributed by atoms with E-state index in [1.165, 1.54) is 11.5 Å². The van der Waals surface area contributed by atoms with E-state index < -0.39 is 0 Å². The highest BCUT2D eigenvalue weighted by Crippen LogP contribution is 2.21. The molecule has 1 amide bonds. The molecular formula is C15H18ClN3O2S. The number of aromatic nitrogens is 1. The minimum atomic E-state index is -0.383. The first-order valence-electron chi connectivity index (χ1n) is 6.93. The van der Waals surface area contributed by atoms with Gasteiger partial charge in [-0.3, -0.25) is 4.79 Å². The van der Waals surface area contributed by atoms with Crippen LogP contribution >= 0.6 is 23.9 Å². The van der Waals surface area contributed by atoms with Crippen molar-refractivity contribution < 1.29 is 9.90 Å². The van der Waals surface area contributed by atoms with Gasteiger partial charge in [-0.25, -0.2) is 0 Å². The zero-order valence-electron chi connectivity index (χ0n) is 11.9. The summed E-state index contributed by atoms with van der Waals surface area (Å²) in [6.07, 6.45) is -0.383. The number of nitrogens with one attached hydrogen (secondary N) is 2. The predicted molar refractivity (Wildman–Crippen MR) is 89.5 cm³/mol. The maximum atomic E-state index is 12.1. The first kappa shape index (κ1) is 16.9. The van der Waals surface area contributed by atoms with Crippen LogP contribution in [-0.2, 0) is 0 Å². The summed E-state index contributed by atoms with van der Waals surface area (Å²) in [5, 5.41) is 15.7. The molecule has 7 heteroatoms. The van der Waals surface area contributed by atoms with Crippen LogP contribution in [-0.4, -0.2) is 41.1 Å². The Balaban J connectivity index is 0.00000176. The number of β-amino-alcohol motifs (C(OH)–C–C–N with tert-alkyl or cyclic N) is 1. The van der Waals surface area contributed by atoms with Crippen molar-refractivity contribution in [2.24, 2.45) is 5.92 Å². The Bertz CT molecular complexity index is 620. The number of nitrogens with zero attached hydrogens (tertiary/aromatic N) is 1. The molecule has 2 unspecified atom stereocenters. The highest BCUT2D eigenvalue weighted by molar-refractivity contribution is 7.08. The third-order valence-electron chi connectivity index (χ3n) is 3.63. The number of rotatable bonds is 4. The third kappa shape index (κ3) is 3.84. The van der Waals surface area contributed by atoms with Gasteiger partial charge in [0.25, 0.3) is 5.91 Å². The normalized spacial score (nSPS) is 20.4. The Morgan fingerprint density at radius 2 is 2.14 bits per heavy atom. The molecule has 1 aliphatic rings. The summed E-state index contributed by atoms with van der Waals surface area (Å²) in [7, 11) is 0. The number of benzene rings is 1. The molecule has 2 atom stereocenters. The second-order valence-corrected chi connectivity index (χ2v) is 5.94. The number of hydrogen-bond donors (Lipinski definition) is 3. The highest BCUT2D eigenvalue weighted by Gasteiger charge is 2.25. The van der Waals surface area contributed by atoms with Crippen LogP contribution in [0.25, 0.3) is 11.3 Å². The van der Waals surface area contributed by atoms with Crippen LogP contribution in [0.3, 0.4) is 0 Å². The smallest absolute Gasteiger partial charge is 0.263 e. The Morgan fingerprint density at radius 1 is 1.36 bits per heavy atom. The van der Waals surface area contributed by atoms with Gasteiger partial charge in [-0.2, -0.15) is 4.37 Å². The summed E-state index contributed by atoms with van der Waals surface area (Å²) in [6, 6.07) is 11.6.